The Morgan fingerprint density at radius 3 is 2.52 bits per heavy atom. The molecule has 110 valence electrons. The molecule has 1 aliphatic rings. The zero-order valence-electron chi connectivity index (χ0n) is 10.9. The standard InChI is InChI=1S/C14H12F3N3O/c15-14(16,17)8-4-6-9(7-5-8)18-13-19-11-3-1-2-10(11)12(21)20-13/h4-7H,1-3H2,(H2,18,19,20,21). The van der Waals surface area contributed by atoms with Crippen molar-refractivity contribution in [3.05, 3.63) is 51.4 Å². The summed E-state index contributed by atoms with van der Waals surface area (Å²) in [6.07, 6.45) is -1.99. The number of hydrogen-bond acceptors (Lipinski definition) is 3. The van der Waals surface area contributed by atoms with Crippen molar-refractivity contribution in [3.8, 4) is 0 Å². The Morgan fingerprint density at radius 2 is 1.86 bits per heavy atom. The summed E-state index contributed by atoms with van der Waals surface area (Å²) in [5.74, 6) is 0.250. The van der Waals surface area contributed by atoms with Crippen LogP contribution in [0.3, 0.4) is 0 Å². The van der Waals surface area contributed by atoms with Gasteiger partial charge in [0.2, 0.25) is 5.95 Å². The largest absolute Gasteiger partial charge is 0.416 e. The van der Waals surface area contributed by atoms with Crippen LogP contribution >= 0.6 is 0 Å². The number of alkyl halides is 3. The Labute approximate surface area is 118 Å². The Bertz CT molecular complexity index is 720. The van der Waals surface area contributed by atoms with Gasteiger partial charge in [0.05, 0.1) is 11.3 Å². The van der Waals surface area contributed by atoms with Crippen molar-refractivity contribution in [2.45, 2.75) is 25.4 Å². The van der Waals surface area contributed by atoms with Gasteiger partial charge in [0.1, 0.15) is 0 Å². The fourth-order valence-corrected chi connectivity index (χ4v) is 2.38. The molecule has 0 fully saturated rings. The number of hydrogen-bond donors (Lipinski definition) is 2. The van der Waals surface area contributed by atoms with Gasteiger partial charge in [-0.05, 0) is 43.5 Å². The predicted molar refractivity (Wildman–Crippen MR) is 71.6 cm³/mol. The number of fused-ring (bicyclic) bond motifs is 1. The van der Waals surface area contributed by atoms with Crippen molar-refractivity contribution < 1.29 is 13.2 Å². The Kier molecular flexibility index (Phi) is 3.19. The van der Waals surface area contributed by atoms with Crippen LogP contribution in [0.2, 0.25) is 0 Å². The first kappa shape index (κ1) is 13.7. The quantitative estimate of drug-likeness (QED) is 0.895. The third kappa shape index (κ3) is 2.76. The highest BCUT2D eigenvalue weighted by atomic mass is 19.4. The molecule has 2 aromatic rings. The Morgan fingerprint density at radius 1 is 1.14 bits per heavy atom. The number of nitrogens with one attached hydrogen (secondary N) is 2. The molecule has 1 aromatic heterocycles. The number of anilines is 2. The van der Waals surface area contributed by atoms with E-state index in [1.807, 2.05) is 0 Å². The first-order valence-corrected chi connectivity index (χ1v) is 6.50. The molecule has 2 N–H and O–H groups in total. The molecule has 0 atom stereocenters. The van der Waals surface area contributed by atoms with E-state index in [-0.39, 0.29) is 11.5 Å². The van der Waals surface area contributed by atoms with Gasteiger partial charge in [-0.25, -0.2) is 4.98 Å². The van der Waals surface area contributed by atoms with Crippen LogP contribution in [0.1, 0.15) is 23.2 Å². The molecule has 0 bridgehead atoms. The zero-order chi connectivity index (χ0) is 15.0. The van der Waals surface area contributed by atoms with Gasteiger partial charge in [-0.3, -0.25) is 9.78 Å². The first-order valence-electron chi connectivity index (χ1n) is 6.50. The van der Waals surface area contributed by atoms with Crippen LogP contribution in [0.25, 0.3) is 0 Å². The number of H-pyrrole nitrogens is 1. The van der Waals surface area contributed by atoms with Gasteiger partial charge in [0.25, 0.3) is 5.56 Å². The fourth-order valence-electron chi connectivity index (χ4n) is 2.38. The third-order valence-corrected chi connectivity index (χ3v) is 3.42. The predicted octanol–water partition coefficient (Wildman–Crippen LogP) is 3.02. The fraction of sp³-hybridized carbons (Fsp3) is 0.286. The maximum absolute atomic E-state index is 12.5. The van der Waals surface area contributed by atoms with Crippen LogP contribution in [-0.2, 0) is 19.0 Å². The molecular weight excluding hydrogens is 283 g/mol. The molecule has 4 nitrogen and oxygen atoms in total. The lowest BCUT2D eigenvalue weighted by atomic mass is 10.2. The van der Waals surface area contributed by atoms with Gasteiger partial charge in [-0.2, -0.15) is 13.2 Å². The summed E-state index contributed by atoms with van der Waals surface area (Å²) in [5.41, 5.74) is 0.987. The maximum Gasteiger partial charge on any atom is 0.416 e. The van der Waals surface area contributed by atoms with Crippen molar-refractivity contribution in [1.29, 1.82) is 0 Å². The van der Waals surface area contributed by atoms with Gasteiger partial charge in [-0.1, -0.05) is 0 Å². The number of rotatable bonds is 2. The van der Waals surface area contributed by atoms with Gasteiger partial charge in [-0.15, -0.1) is 0 Å². The third-order valence-electron chi connectivity index (χ3n) is 3.42. The second-order valence-electron chi connectivity index (χ2n) is 4.89. The molecular formula is C14H12F3N3O. The summed E-state index contributed by atoms with van der Waals surface area (Å²) in [6, 6.07) is 4.56. The molecule has 21 heavy (non-hydrogen) atoms. The average Bonchev–Trinajstić information content (AvgIpc) is 2.87. The van der Waals surface area contributed by atoms with Gasteiger partial charge >= 0.3 is 6.18 Å². The molecule has 0 aliphatic heterocycles. The highest BCUT2D eigenvalue weighted by Crippen LogP contribution is 2.30. The summed E-state index contributed by atoms with van der Waals surface area (Å²) in [6.45, 7) is 0. The SMILES string of the molecule is O=c1[nH]c(Nc2ccc(C(F)(F)F)cc2)nc2c1CCC2. The first-order chi connectivity index (χ1) is 9.93. The number of aromatic nitrogens is 2. The van der Waals surface area contributed by atoms with Crippen LogP contribution in [0, 0.1) is 0 Å². The van der Waals surface area contributed by atoms with E-state index >= 15 is 0 Å². The Balaban J connectivity index is 1.84. The summed E-state index contributed by atoms with van der Waals surface area (Å²) < 4.78 is 37.4. The molecule has 0 saturated heterocycles. The monoisotopic (exact) mass is 295 g/mol. The van der Waals surface area contributed by atoms with E-state index in [0.29, 0.717) is 11.3 Å². The van der Waals surface area contributed by atoms with Gasteiger partial charge in [0, 0.05) is 11.3 Å². The van der Waals surface area contributed by atoms with Crippen LogP contribution in [0.5, 0.6) is 0 Å². The van der Waals surface area contributed by atoms with E-state index in [4.69, 9.17) is 0 Å². The van der Waals surface area contributed by atoms with E-state index in [1.165, 1.54) is 12.1 Å². The summed E-state index contributed by atoms with van der Waals surface area (Å²) in [7, 11) is 0. The smallest absolute Gasteiger partial charge is 0.326 e. The molecule has 0 spiro atoms. The molecule has 0 radical (unpaired) electrons. The number of nitrogens with zero attached hydrogens (tertiary/aromatic N) is 1. The van der Waals surface area contributed by atoms with Crippen molar-refractivity contribution in [3.63, 3.8) is 0 Å². The minimum Gasteiger partial charge on any atom is -0.326 e. The second-order valence-corrected chi connectivity index (χ2v) is 4.89. The normalized spacial score (nSPS) is 14.0. The lowest BCUT2D eigenvalue weighted by Gasteiger charge is -2.09. The van der Waals surface area contributed by atoms with E-state index in [1.54, 1.807) is 0 Å². The highest BCUT2D eigenvalue weighted by molar-refractivity contribution is 5.54. The molecule has 7 heteroatoms. The van der Waals surface area contributed by atoms with E-state index in [9.17, 15) is 18.0 Å². The number of aromatic amines is 1. The summed E-state index contributed by atoms with van der Waals surface area (Å²) in [5, 5.41) is 2.82. The van der Waals surface area contributed by atoms with Gasteiger partial charge < -0.3 is 5.32 Å². The van der Waals surface area contributed by atoms with Gasteiger partial charge in [0.15, 0.2) is 0 Å². The van der Waals surface area contributed by atoms with Crippen molar-refractivity contribution in [2.24, 2.45) is 0 Å². The molecule has 1 heterocycles. The topological polar surface area (TPSA) is 57.8 Å². The second kappa shape index (κ2) is 4.91. The molecule has 1 aromatic carbocycles. The number of halogens is 3. The molecule has 0 unspecified atom stereocenters. The highest BCUT2D eigenvalue weighted by Gasteiger charge is 2.29. The maximum atomic E-state index is 12.5. The summed E-state index contributed by atoms with van der Waals surface area (Å²) in [4.78, 5) is 18.7. The van der Waals surface area contributed by atoms with E-state index in [0.717, 1.165) is 37.1 Å². The average molecular weight is 295 g/mol. The van der Waals surface area contributed by atoms with Crippen LogP contribution < -0.4 is 10.9 Å². The lowest BCUT2D eigenvalue weighted by Crippen LogP contribution is -2.16. The van der Waals surface area contributed by atoms with E-state index in [2.05, 4.69) is 15.3 Å². The van der Waals surface area contributed by atoms with Crippen molar-refractivity contribution in [1.82, 2.24) is 9.97 Å². The number of benzene rings is 1. The Hall–Kier alpha value is -2.31. The summed E-state index contributed by atoms with van der Waals surface area (Å²) >= 11 is 0. The molecule has 0 saturated carbocycles. The van der Waals surface area contributed by atoms with Crippen molar-refractivity contribution >= 4 is 11.6 Å². The van der Waals surface area contributed by atoms with E-state index < -0.39 is 11.7 Å². The minimum atomic E-state index is -4.36. The molecule has 0 amide bonds. The lowest BCUT2D eigenvalue weighted by molar-refractivity contribution is -0.137. The van der Waals surface area contributed by atoms with Crippen LogP contribution in [-0.4, -0.2) is 9.97 Å². The molecule has 3 rings (SSSR count). The van der Waals surface area contributed by atoms with Crippen molar-refractivity contribution in [2.75, 3.05) is 5.32 Å². The molecule has 1 aliphatic carbocycles. The minimum absolute atomic E-state index is 0.188. The van der Waals surface area contributed by atoms with Crippen LogP contribution in [0.4, 0.5) is 24.8 Å². The van der Waals surface area contributed by atoms with Crippen LogP contribution in [0.15, 0.2) is 29.1 Å². The zero-order valence-corrected chi connectivity index (χ0v) is 10.9. The number of aryl methyl sites for hydroxylation is 1.